The number of nitrogen functional groups attached to an aromatic ring is 2. The van der Waals surface area contributed by atoms with Crippen LogP contribution in [0.1, 0.15) is 11.1 Å². The molecule has 0 saturated carbocycles. The smallest absolute Gasteiger partial charge is 0.0675 e. The van der Waals surface area contributed by atoms with Crippen molar-refractivity contribution in [1.29, 1.82) is 0 Å². The van der Waals surface area contributed by atoms with Gasteiger partial charge < -0.3 is 11.5 Å². The molecule has 0 radical (unpaired) electrons. The first kappa shape index (κ1) is 13.5. The summed E-state index contributed by atoms with van der Waals surface area (Å²) in [6, 6.07) is 16.1. The van der Waals surface area contributed by atoms with E-state index >= 15 is 0 Å². The predicted octanol–water partition coefficient (Wildman–Crippen LogP) is 3.59. The SMILES string of the molecule is Nc1ccc(-c2ccc3c(c2)N=C(c2ccncc2)C3)cc1N. The van der Waals surface area contributed by atoms with Crippen molar-refractivity contribution in [2.24, 2.45) is 4.99 Å². The van der Waals surface area contributed by atoms with Crippen LogP contribution in [-0.4, -0.2) is 10.7 Å². The Hall–Kier alpha value is -3.14. The molecule has 0 saturated heterocycles. The third-order valence-corrected chi connectivity index (χ3v) is 4.13. The van der Waals surface area contributed by atoms with E-state index in [2.05, 4.69) is 23.2 Å². The number of aliphatic imine (C=N–C) groups is 1. The van der Waals surface area contributed by atoms with Gasteiger partial charge in [0, 0.05) is 18.8 Å². The molecule has 1 aliphatic heterocycles. The second-order valence-corrected chi connectivity index (χ2v) is 5.66. The summed E-state index contributed by atoms with van der Waals surface area (Å²) in [5.74, 6) is 0. The summed E-state index contributed by atoms with van der Waals surface area (Å²) < 4.78 is 0. The van der Waals surface area contributed by atoms with E-state index in [1.807, 2.05) is 30.3 Å². The van der Waals surface area contributed by atoms with Gasteiger partial charge in [0.2, 0.25) is 0 Å². The number of fused-ring (bicyclic) bond motifs is 1. The zero-order chi connectivity index (χ0) is 15.8. The van der Waals surface area contributed by atoms with Gasteiger partial charge in [-0.3, -0.25) is 9.98 Å². The predicted molar refractivity (Wildman–Crippen MR) is 94.8 cm³/mol. The van der Waals surface area contributed by atoms with Crippen LogP contribution in [-0.2, 0) is 6.42 Å². The van der Waals surface area contributed by atoms with Gasteiger partial charge in [-0.2, -0.15) is 0 Å². The van der Waals surface area contributed by atoms with Crippen LogP contribution in [0.4, 0.5) is 17.1 Å². The van der Waals surface area contributed by atoms with Crippen molar-refractivity contribution in [3.63, 3.8) is 0 Å². The minimum atomic E-state index is 0.601. The number of aromatic nitrogens is 1. The summed E-state index contributed by atoms with van der Waals surface area (Å²) in [7, 11) is 0. The highest BCUT2D eigenvalue weighted by molar-refractivity contribution is 6.06. The van der Waals surface area contributed by atoms with Gasteiger partial charge in [0.05, 0.1) is 22.8 Å². The number of nitrogens with zero attached hydrogens (tertiary/aromatic N) is 2. The van der Waals surface area contributed by atoms with Crippen molar-refractivity contribution in [2.75, 3.05) is 11.5 Å². The lowest BCUT2D eigenvalue weighted by molar-refractivity contribution is 1.31. The van der Waals surface area contributed by atoms with Crippen molar-refractivity contribution in [3.8, 4) is 11.1 Å². The number of hydrogen-bond donors (Lipinski definition) is 2. The maximum Gasteiger partial charge on any atom is 0.0675 e. The molecular weight excluding hydrogens is 284 g/mol. The van der Waals surface area contributed by atoms with Gasteiger partial charge in [0.15, 0.2) is 0 Å². The third-order valence-electron chi connectivity index (χ3n) is 4.13. The first-order valence-electron chi connectivity index (χ1n) is 7.47. The molecule has 4 N–H and O–H groups in total. The largest absolute Gasteiger partial charge is 0.397 e. The van der Waals surface area contributed by atoms with Crippen molar-refractivity contribution in [3.05, 3.63) is 72.1 Å². The zero-order valence-corrected chi connectivity index (χ0v) is 12.5. The standard InChI is InChI=1S/C19H16N4/c20-16-4-3-13(9-17(16)21)14-1-2-15-11-18(23-19(15)10-14)12-5-7-22-8-6-12/h1-10H,11,20-21H2. The second kappa shape index (κ2) is 5.25. The summed E-state index contributed by atoms with van der Waals surface area (Å²) in [6.45, 7) is 0. The molecule has 0 bridgehead atoms. The topological polar surface area (TPSA) is 77.3 Å². The Morgan fingerprint density at radius 1 is 0.739 bits per heavy atom. The van der Waals surface area contributed by atoms with Crippen LogP contribution in [0.2, 0.25) is 0 Å². The lowest BCUT2D eigenvalue weighted by Gasteiger charge is -2.06. The number of rotatable bonds is 2. The van der Waals surface area contributed by atoms with Gasteiger partial charge in [-0.1, -0.05) is 18.2 Å². The van der Waals surface area contributed by atoms with E-state index in [1.165, 1.54) is 5.56 Å². The molecule has 4 heteroatoms. The van der Waals surface area contributed by atoms with E-state index in [0.717, 1.165) is 34.5 Å². The van der Waals surface area contributed by atoms with Gasteiger partial charge in [-0.15, -0.1) is 0 Å². The highest BCUT2D eigenvalue weighted by Crippen LogP contribution is 2.34. The molecule has 1 aromatic heterocycles. The molecule has 0 amide bonds. The summed E-state index contributed by atoms with van der Waals surface area (Å²) in [5.41, 5.74) is 19.5. The van der Waals surface area contributed by atoms with Gasteiger partial charge in [-0.05, 0) is 52.6 Å². The molecule has 0 unspecified atom stereocenters. The number of anilines is 2. The summed E-state index contributed by atoms with van der Waals surface area (Å²) >= 11 is 0. The highest BCUT2D eigenvalue weighted by Gasteiger charge is 2.16. The molecule has 3 aromatic rings. The normalized spacial score (nSPS) is 12.8. The monoisotopic (exact) mass is 300 g/mol. The highest BCUT2D eigenvalue weighted by atomic mass is 14.8. The van der Waals surface area contributed by atoms with Crippen molar-refractivity contribution < 1.29 is 0 Å². The molecule has 2 heterocycles. The fourth-order valence-electron chi connectivity index (χ4n) is 2.83. The molecule has 0 spiro atoms. The van der Waals surface area contributed by atoms with Crippen LogP contribution in [0, 0.1) is 0 Å². The van der Waals surface area contributed by atoms with Crippen molar-refractivity contribution in [1.82, 2.24) is 4.98 Å². The lowest BCUT2D eigenvalue weighted by Crippen LogP contribution is -1.99. The van der Waals surface area contributed by atoms with Crippen LogP contribution in [0.5, 0.6) is 0 Å². The molecule has 4 nitrogen and oxygen atoms in total. The lowest BCUT2D eigenvalue weighted by atomic mass is 10.00. The second-order valence-electron chi connectivity index (χ2n) is 5.66. The first-order chi connectivity index (χ1) is 11.2. The molecule has 0 atom stereocenters. The van der Waals surface area contributed by atoms with Crippen molar-refractivity contribution in [2.45, 2.75) is 6.42 Å². The quantitative estimate of drug-likeness (QED) is 0.710. The minimum Gasteiger partial charge on any atom is -0.397 e. The number of hydrogen-bond acceptors (Lipinski definition) is 4. The fourth-order valence-corrected chi connectivity index (χ4v) is 2.83. The van der Waals surface area contributed by atoms with Crippen LogP contribution in [0.3, 0.4) is 0 Å². The Balaban J connectivity index is 1.72. The summed E-state index contributed by atoms with van der Waals surface area (Å²) in [6.07, 6.45) is 4.44. The Kier molecular flexibility index (Phi) is 3.08. The fraction of sp³-hybridized carbons (Fsp3) is 0.0526. The first-order valence-corrected chi connectivity index (χ1v) is 7.47. The van der Waals surface area contributed by atoms with Crippen LogP contribution >= 0.6 is 0 Å². The van der Waals surface area contributed by atoms with Crippen LogP contribution in [0.25, 0.3) is 11.1 Å². The van der Waals surface area contributed by atoms with Crippen LogP contribution < -0.4 is 11.5 Å². The molecule has 1 aliphatic rings. The number of pyridine rings is 1. The Morgan fingerprint density at radius 3 is 2.26 bits per heavy atom. The Labute approximate surface area is 134 Å². The number of nitrogens with two attached hydrogens (primary N) is 2. The maximum absolute atomic E-state index is 5.91. The molecule has 4 rings (SSSR count). The average molecular weight is 300 g/mol. The number of benzene rings is 2. The molecule has 0 fully saturated rings. The van der Waals surface area contributed by atoms with E-state index in [0.29, 0.717) is 11.4 Å². The van der Waals surface area contributed by atoms with Crippen molar-refractivity contribution >= 4 is 22.8 Å². The van der Waals surface area contributed by atoms with Gasteiger partial charge in [0.1, 0.15) is 0 Å². The zero-order valence-electron chi connectivity index (χ0n) is 12.5. The van der Waals surface area contributed by atoms with Gasteiger partial charge >= 0.3 is 0 Å². The van der Waals surface area contributed by atoms with Gasteiger partial charge in [-0.25, -0.2) is 0 Å². The average Bonchev–Trinajstić information content (AvgIpc) is 3.01. The van der Waals surface area contributed by atoms with E-state index in [1.54, 1.807) is 12.4 Å². The Bertz CT molecular complexity index is 914. The van der Waals surface area contributed by atoms with E-state index in [-0.39, 0.29) is 0 Å². The minimum absolute atomic E-state index is 0.601. The summed E-state index contributed by atoms with van der Waals surface area (Å²) in [4.78, 5) is 8.84. The molecular formula is C19H16N4. The Morgan fingerprint density at radius 2 is 1.48 bits per heavy atom. The van der Waals surface area contributed by atoms with E-state index < -0.39 is 0 Å². The van der Waals surface area contributed by atoms with E-state index in [9.17, 15) is 0 Å². The third kappa shape index (κ3) is 2.44. The molecule has 112 valence electrons. The molecule has 23 heavy (non-hydrogen) atoms. The van der Waals surface area contributed by atoms with Crippen LogP contribution in [0.15, 0.2) is 65.9 Å². The molecule has 0 aliphatic carbocycles. The maximum atomic E-state index is 5.91. The molecule has 2 aromatic carbocycles. The van der Waals surface area contributed by atoms with Gasteiger partial charge in [0.25, 0.3) is 0 Å². The van der Waals surface area contributed by atoms with E-state index in [4.69, 9.17) is 16.5 Å². The summed E-state index contributed by atoms with van der Waals surface area (Å²) in [5, 5.41) is 0.